The Bertz CT molecular complexity index is 288. The summed E-state index contributed by atoms with van der Waals surface area (Å²) < 4.78 is 4.83. The molecular weight excluding hydrogens is 168 g/mol. The van der Waals surface area contributed by atoms with Crippen molar-refractivity contribution in [1.82, 2.24) is 0 Å². The summed E-state index contributed by atoms with van der Waals surface area (Å²) in [6.07, 6.45) is -0.494. The van der Waals surface area contributed by atoms with Crippen molar-refractivity contribution in [2.24, 2.45) is 0 Å². The molecule has 0 spiro atoms. The van der Waals surface area contributed by atoms with E-state index in [9.17, 15) is 9.90 Å². The Hall–Kier alpha value is -1.35. The van der Waals surface area contributed by atoms with Crippen molar-refractivity contribution < 1.29 is 14.6 Å². The van der Waals surface area contributed by atoms with Crippen LogP contribution in [0, 0.1) is 0 Å². The number of carbonyl (C=O) groups excluding carboxylic acids is 1. The Morgan fingerprint density at radius 3 is 2.31 bits per heavy atom. The fourth-order valence-electron chi connectivity index (χ4n) is 0.980. The van der Waals surface area contributed by atoms with Crippen LogP contribution in [0.5, 0.6) is 5.75 Å². The summed E-state index contributed by atoms with van der Waals surface area (Å²) >= 11 is 0. The first-order chi connectivity index (χ1) is 6.09. The second kappa shape index (κ2) is 4.05. The van der Waals surface area contributed by atoms with E-state index in [4.69, 9.17) is 4.74 Å². The molecular formula is C10H12O3. The molecule has 0 fully saturated rings. The lowest BCUT2D eigenvalue weighted by atomic mass is 10.1. The second-order valence-electron chi connectivity index (χ2n) is 2.84. The van der Waals surface area contributed by atoms with Crippen molar-refractivity contribution >= 4 is 5.97 Å². The van der Waals surface area contributed by atoms with Gasteiger partial charge in [0.25, 0.3) is 0 Å². The minimum absolute atomic E-state index is 0.343. The third kappa shape index (κ3) is 2.87. The van der Waals surface area contributed by atoms with E-state index in [0.29, 0.717) is 5.75 Å². The van der Waals surface area contributed by atoms with Crippen molar-refractivity contribution in [1.29, 1.82) is 0 Å². The van der Waals surface area contributed by atoms with Crippen LogP contribution in [0.15, 0.2) is 24.3 Å². The molecule has 0 aromatic heterocycles. The number of aliphatic hydroxyl groups excluding tert-OH is 1. The highest BCUT2D eigenvalue weighted by molar-refractivity contribution is 5.69. The summed E-state index contributed by atoms with van der Waals surface area (Å²) in [5.74, 6) is 0.154. The normalized spacial score (nSPS) is 12.2. The van der Waals surface area contributed by atoms with Gasteiger partial charge in [-0.2, -0.15) is 0 Å². The molecule has 0 radical (unpaired) electrons. The molecule has 0 bridgehead atoms. The topological polar surface area (TPSA) is 46.5 Å². The molecule has 0 heterocycles. The largest absolute Gasteiger partial charge is 0.427 e. The fourth-order valence-corrected chi connectivity index (χ4v) is 0.980. The highest BCUT2D eigenvalue weighted by Crippen LogP contribution is 2.17. The number of hydrogen-bond acceptors (Lipinski definition) is 3. The molecule has 0 unspecified atom stereocenters. The SMILES string of the molecule is CC(=O)Oc1ccc([C@@H](C)O)cc1. The van der Waals surface area contributed by atoms with Gasteiger partial charge in [-0.3, -0.25) is 4.79 Å². The number of hydrogen-bond donors (Lipinski definition) is 1. The highest BCUT2D eigenvalue weighted by Gasteiger charge is 2.01. The molecule has 1 aromatic rings. The maximum atomic E-state index is 10.6. The van der Waals surface area contributed by atoms with Gasteiger partial charge in [-0.05, 0) is 24.6 Å². The lowest BCUT2D eigenvalue weighted by molar-refractivity contribution is -0.131. The van der Waals surface area contributed by atoms with Crippen LogP contribution in [0.3, 0.4) is 0 Å². The predicted octanol–water partition coefficient (Wildman–Crippen LogP) is 1.67. The monoisotopic (exact) mass is 180 g/mol. The number of rotatable bonds is 2. The van der Waals surface area contributed by atoms with E-state index in [1.54, 1.807) is 31.2 Å². The van der Waals surface area contributed by atoms with Crippen molar-refractivity contribution in [3.63, 3.8) is 0 Å². The molecule has 0 saturated carbocycles. The van der Waals surface area contributed by atoms with Crippen LogP contribution in [0.25, 0.3) is 0 Å². The van der Waals surface area contributed by atoms with Gasteiger partial charge in [0.05, 0.1) is 6.10 Å². The maximum Gasteiger partial charge on any atom is 0.308 e. The van der Waals surface area contributed by atoms with Crippen LogP contribution >= 0.6 is 0 Å². The van der Waals surface area contributed by atoms with Crippen LogP contribution in [0.1, 0.15) is 25.5 Å². The Kier molecular flexibility index (Phi) is 3.03. The van der Waals surface area contributed by atoms with Crippen LogP contribution in [-0.2, 0) is 4.79 Å². The van der Waals surface area contributed by atoms with Crippen LogP contribution in [0.2, 0.25) is 0 Å². The quantitative estimate of drug-likeness (QED) is 0.556. The first-order valence-electron chi connectivity index (χ1n) is 4.06. The minimum Gasteiger partial charge on any atom is -0.427 e. The van der Waals surface area contributed by atoms with E-state index >= 15 is 0 Å². The van der Waals surface area contributed by atoms with Gasteiger partial charge < -0.3 is 9.84 Å². The zero-order chi connectivity index (χ0) is 9.84. The van der Waals surface area contributed by atoms with Crippen molar-refractivity contribution in [3.05, 3.63) is 29.8 Å². The molecule has 1 atom stereocenters. The summed E-state index contributed by atoms with van der Waals surface area (Å²) in [7, 11) is 0. The highest BCUT2D eigenvalue weighted by atomic mass is 16.5. The van der Waals surface area contributed by atoms with Gasteiger partial charge in [0, 0.05) is 6.92 Å². The Labute approximate surface area is 77.0 Å². The van der Waals surface area contributed by atoms with Gasteiger partial charge >= 0.3 is 5.97 Å². The third-order valence-corrected chi connectivity index (χ3v) is 1.62. The third-order valence-electron chi connectivity index (χ3n) is 1.62. The number of aliphatic hydroxyl groups is 1. The van der Waals surface area contributed by atoms with Gasteiger partial charge in [-0.25, -0.2) is 0 Å². The molecule has 0 aliphatic heterocycles. The average molecular weight is 180 g/mol. The molecule has 3 heteroatoms. The summed E-state index contributed by atoms with van der Waals surface area (Å²) in [6, 6.07) is 6.76. The minimum atomic E-state index is -0.494. The van der Waals surface area contributed by atoms with Gasteiger partial charge in [0.1, 0.15) is 5.75 Å². The average Bonchev–Trinajstić information content (AvgIpc) is 2.04. The zero-order valence-electron chi connectivity index (χ0n) is 7.65. The molecule has 1 rings (SSSR count). The Morgan fingerprint density at radius 2 is 1.92 bits per heavy atom. The van der Waals surface area contributed by atoms with E-state index in [0.717, 1.165) is 5.56 Å². The van der Waals surface area contributed by atoms with E-state index in [1.165, 1.54) is 6.92 Å². The second-order valence-corrected chi connectivity index (χ2v) is 2.84. The zero-order valence-corrected chi connectivity index (χ0v) is 7.65. The number of carbonyl (C=O) groups is 1. The maximum absolute atomic E-state index is 10.6. The van der Waals surface area contributed by atoms with Crippen LogP contribution in [-0.4, -0.2) is 11.1 Å². The summed E-state index contributed by atoms with van der Waals surface area (Å²) in [6.45, 7) is 3.03. The molecule has 13 heavy (non-hydrogen) atoms. The molecule has 70 valence electrons. The van der Waals surface area contributed by atoms with Crippen molar-refractivity contribution in [3.8, 4) is 5.75 Å². The molecule has 0 saturated heterocycles. The van der Waals surface area contributed by atoms with Crippen LogP contribution in [0.4, 0.5) is 0 Å². The smallest absolute Gasteiger partial charge is 0.308 e. The van der Waals surface area contributed by atoms with Crippen molar-refractivity contribution in [2.75, 3.05) is 0 Å². The number of benzene rings is 1. The molecule has 1 N–H and O–H groups in total. The van der Waals surface area contributed by atoms with Gasteiger partial charge in [0.2, 0.25) is 0 Å². The van der Waals surface area contributed by atoms with Gasteiger partial charge in [-0.1, -0.05) is 12.1 Å². The first-order valence-corrected chi connectivity index (χ1v) is 4.06. The van der Waals surface area contributed by atoms with Gasteiger partial charge in [0.15, 0.2) is 0 Å². The van der Waals surface area contributed by atoms with Crippen LogP contribution < -0.4 is 4.74 Å². The first kappa shape index (κ1) is 9.74. The summed E-state index contributed by atoms with van der Waals surface area (Å²) in [5.41, 5.74) is 0.802. The van der Waals surface area contributed by atoms with Gasteiger partial charge in [-0.15, -0.1) is 0 Å². The molecule has 0 aliphatic rings. The molecule has 0 amide bonds. The van der Waals surface area contributed by atoms with E-state index in [-0.39, 0.29) is 5.97 Å². The van der Waals surface area contributed by atoms with E-state index in [1.807, 2.05) is 0 Å². The molecule has 0 aliphatic carbocycles. The van der Waals surface area contributed by atoms with E-state index in [2.05, 4.69) is 0 Å². The van der Waals surface area contributed by atoms with E-state index < -0.39 is 6.10 Å². The molecule has 3 nitrogen and oxygen atoms in total. The lowest BCUT2D eigenvalue weighted by Crippen LogP contribution is -2.01. The fraction of sp³-hybridized carbons (Fsp3) is 0.300. The summed E-state index contributed by atoms with van der Waals surface area (Å²) in [5, 5.41) is 9.19. The molecule has 1 aromatic carbocycles. The summed E-state index contributed by atoms with van der Waals surface area (Å²) in [4.78, 5) is 10.6. The Balaban J connectivity index is 2.75. The Morgan fingerprint density at radius 1 is 1.38 bits per heavy atom. The number of esters is 1. The number of ether oxygens (including phenoxy) is 1. The lowest BCUT2D eigenvalue weighted by Gasteiger charge is -2.05. The standard InChI is InChI=1S/C10H12O3/c1-7(11)9-3-5-10(6-4-9)13-8(2)12/h3-7,11H,1-2H3/t7-/m1/s1. The van der Waals surface area contributed by atoms with Crippen molar-refractivity contribution in [2.45, 2.75) is 20.0 Å². The predicted molar refractivity (Wildman–Crippen MR) is 48.4 cm³/mol.